The Hall–Kier alpha value is -18.1. The Morgan fingerprint density at radius 1 is 0.524 bits per heavy atom. The lowest BCUT2D eigenvalue weighted by Crippen LogP contribution is -2.31. The fourth-order valence-corrected chi connectivity index (χ4v) is 15.8. The Balaban J connectivity index is 0.000000203. The number of ketones is 1. The van der Waals surface area contributed by atoms with E-state index >= 15 is 0 Å². The van der Waals surface area contributed by atoms with Crippen molar-refractivity contribution in [3.63, 3.8) is 0 Å². The average molecular weight is 2010 g/mol. The second kappa shape index (κ2) is 49.1. The molecule has 0 unspecified atom stereocenters. The summed E-state index contributed by atoms with van der Waals surface area (Å²) in [5.74, 6) is 0.589. The van der Waals surface area contributed by atoms with Crippen LogP contribution in [0.25, 0.3) is 56.0 Å². The third kappa shape index (κ3) is 25.3. The van der Waals surface area contributed by atoms with Gasteiger partial charge in [-0.25, -0.2) is 44.3 Å². The number of aryl methyl sites for hydroxylation is 1. The number of nitrogens with one attached hydrogen (secondary N) is 4. The van der Waals surface area contributed by atoms with Crippen molar-refractivity contribution < 1.29 is 98.1 Å². The van der Waals surface area contributed by atoms with E-state index in [0.717, 1.165) is 40.0 Å². The monoisotopic (exact) mass is 2010 g/mol. The quantitative estimate of drug-likeness (QED) is 0.0132. The first-order valence-corrected chi connectivity index (χ1v) is 46.7. The van der Waals surface area contributed by atoms with Gasteiger partial charge in [0.05, 0.1) is 63.8 Å². The molecule has 0 saturated heterocycles. The van der Waals surface area contributed by atoms with Gasteiger partial charge in [-0.1, -0.05) is 52.0 Å². The number of aromatic nitrogens is 14. The van der Waals surface area contributed by atoms with E-state index in [4.69, 9.17) is 57.1 Å². The molecule has 8 heterocycles. The van der Waals surface area contributed by atoms with Crippen molar-refractivity contribution in [3.8, 4) is 91.6 Å². The highest BCUT2D eigenvalue weighted by Gasteiger charge is 2.31. The van der Waals surface area contributed by atoms with Crippen LogP contribution in [-0.4, -0.2) is 246 Å². The third-order valence-electron chi connectivity index (χ3n) is 23.3. The van der Waals surface area contributed by atoms with Gasteiger partial charge in [0.25, 0.3) is 23.6 Å². The number of hydrogen-bond donors (Lipinski definition) is 12. The number of methoxy groups -OCH3 is 2. The van der Waals surface area contributed by atoms with Gasteiger partial charge in [0.1, 0.15) is 57.2 Å². The molecule has 2 aliphatic rings. The molecule has 2 aliphatic heterocycles. The van der Waals surface area contributed by atoms with Gasteiger partial charge in [-0.05, 0) is 196 Å². The molecule has 6 aromatic heterocycles. The highest BCUT2D eigenvalue weighted by molar-refractivity contribution is 6.00. The molecule has 0 spiro atoms. The van der Waals surface area contributed by atoms with E-state index in [1.54, 1.807) is 94.7 Å². The summed E-state index contributed by atoms with van der Waals surface area (Å²) in [4.78, 5) is 138. The number of benzene rings is 8. The summed E-state index contributed by atoms with van der Waals surface area (Å²) in [5, 5.41) is 81.2. The zero-order valence-electron chi connectivity index (χ0n) is 83.2. The third-order valence-corrected chi connectivity index (χ3v) is 23.3. The molecule has 0 radical (unpaired) electrons. The van der Waals surface area contributed by atoms with Gasteiger partial charge in [0.2, 0.25) is 34.8 Å². The number of aromatic hydroxyl groups is 4. The predicted octanol–water partition coefficient (Wildman–Crippen LogP) is 11.7. The Labute approximate surface area is 842 Å². The van der Waals surface area contributed by atoms with E-state index in [2.05, 4.69) is 76.6 Å². The van der Waals surface area contributed by atoms with E-state index in [1.807, 2.05) is 79.3 Å². The highest BCUT2D eigenvalue weighted by atomic mass is 19.1. The number of rotatable bonds is 34. The number of halogens is 1. The van der Waals surface area contributed by atoms with Crippen LogP contribution in [0, 0.1) is 0 Å². The van der Waals surface area contributed by atoms with Crippen molar-refractivity contribution in [1.82, 2.24) is 89.0 Å². The van der Waals surface area contributed by atoms with E-state index in [9.17, 15) is 63.2 Å². The summed E-state index contributed by atoms with van der Waals surface area (Å²) in [6, 6.07) is 40.1. The smallest absolute Gasteiger partial charge is 0.414 e. The van der Waals surface area contributed by atoms with E-state index in [-0.39, 0.29) is 128 Å². The number of phenolic OH excluding ortho intramolecular Hbond substituents is 4. The zero-order chi connectivity index (χ0) is 106. The molecule has 0 atom stereocenters. The second-order valence-electron chi connectivity index (χ2n) is 33.9. The lowest BCUT2D eigenvalue weighted by molar-refractivity contribution is 0.0695. The number of alkyl halides is 1. The lowest BCUT2D eigenvalue weighted by Gasteiger charge is -2.18. The molecule has 15 N–H and O–H groups in total. The van der Waals surface area contributed by atoms with Gasteiger partial charge in [0, 0.05) is 138 Å². The van der Waals surface area contributed by atoms with Crippen molar-refractivity contribution in [3.05, 3.63) is 238 Å². The summed E-state index contributed by atoms with van der Waals surface area (Å²) in [7, 11) is 5.33. The Morgan fingerprint density at radius 2 is 0.918 bits per heavy atom. The summed E-state index contributed by atoms with van der Waals surface area (Å²) in [6.45, 7) is 16.1. The van der Waals surface area contributed by atoms with Crippen molar-refractivity contribution in [2.45, 2.75) is 105 Å². The molecule has 45 heteroatoms. The molecule has 766 valence electrons. The summed E-state index contributed by atoms with van der Waals surface area (Å²) in [6.07, 6.45) is 7.48. The number of carboxylic acids is 1. The molecule has 14 aromatic rings. The Morgan fingerprint density at radius 3 is 1.29 bits per heavy atom. The minimum Gasteiger partial charge on any atom is -0.508 e. The molecule has 8 aromatic carbocycles. The van der Waals surface area contributed by atoms with E-state index < -0.39 is 48.9 Å². The minimum atomic E-state index is -1.08. The summed E-state index contributed by atoms with van der Waals surface area (Å²) < 4.78 is 56.8. The van der Waals surface area contributed by atoms with Gasteiger partial charge in [0.15, 0.2) is 40.4 Å². The fourth-order valence-electron chi connectivity index (χ4n) is 15.8. The number of aromatic carboxylic acids is 1. The number of amides is 6. The number of carbonyl (C=O) groups is 8. The van der Waals surface area contributed by atoms with Crippen LogP contribution in [0.5, 0.6) is 57.5 Å². The van der Waals surface area contributed by atoms with E-state index in [1.165, 1.54) is 94.3 Å². The van der Waals surface area contributed by atoms with Gasteiger partial charge in [-0.15, -0.1) is 20.4 Å². The maximum atomic E-state index is 13.3. The Kier molecular flexibility index (Phi) is 35.0. The molecule has 44 nitrogen and oxygen atoms in total. The standard InChI is InChI=1S/C51H54N12O9.C29H33N9O5.C21H22N4O5.CH3F/c1-6-53-48(68)46-60-59-45(37-25-36(29(2)3)39(65)26-40(37)66)63(46)33-15-13-31(14-16-33)38(64)10-7-9-30-11-17-34(18-12-30)72-51(69)61(4)22-8-24-71-41-20-19-35-42(43(41)70-5)57-50(62-23-21-54-44(35)62)58-47(67)32-27-55-49(52)56-28-32;1-37(29(40)43-20-6-4-18(5-7-20)10-11-30)13-3-15-42-22-9-8-21-23(24(22)41-2)35-28(38-14-12-32-25(21)38)36-26(39)19-16-33-27(31)34-17-19;1-4-22-20(28)19-24-23-18(15-9-14(11(2)3)16(26)10-17(15)27)25(19)13-7-5-12(6-8-13)21(29)30;1-2/h11-20,25-29,54,65-66H,6-10,21-24H2,1-5H3,(H,53,68)(H2,52,55,56);4-9,16-17,32H,3,10-15,30H2,1-2H3,(H2,31,33,34);5-11,26-27H,4H2,1-3H3,(H,22,28)(H,29,30);1H3/i;;;1D. The van der Waals surface area contributed by atoms with Gasteiger partial charge in [-0.2, -0.15) is 9.98 Å². The van der Waals surface area contributed by atoms with Crippen LogP contribution in [0.1, 0.15) is 165 Å². The molecule has 6 amide bonds. The molecule has 0 bridgehead atoms. The largest absolute Gasteiger partial charge is 0.508 e. The van der Waals surface area contributed by atoms with Gasteiger partial charge >= 0.3 is 18.2 Å². The summed E-state index contributed by atoms with van der Waals surface area (Å²) in [5.41, 5.74) is 23.7. The normalized spacial score (nSPS) is 11.9. The van der Waals surface area contributed by atoms with Crippen LogP contribution in [0.2, 0.25) is 0 Å². The molecule has 147 heavy (non-hydrogen) atoms. The van der Waals surface area contributed by atoms with Crippen LogP contribution >= 0.6 is 0 Å². The highest BCUT2D eigenvalue weighted by Crippen LogP contribution is 2.43. The number of anilines is 4. The first-order valence-electron chi connectivity index (χ1n) is 47.4. The number of carboxylic acid groups (broad SMARTS) is 1. The van der Waals surface area contributed by atoms with E-state index in [0.29, 0.717) is 165 Å². The first-order chi connectivity index (χ1) is 71.3. The Bertz CT molecular complexity index is 7340. The molecular formula is C102H112FN25O19. The maximum Gasteiger partial charge on any atom is 0.414 e. The lowest BCUT2D eigenvalue weighted by atomic mass is 9.98. The molecule has 16 rings (SSSR count). The number of nitrogens with two attached hydrogens (primary N) is 3. The predicted molar refractivity (Wildman–Crippen MR) is 541 cm³/mol. The number of hydrogen-bond acceptors (Lipinski definition) is 33. The number of phenols is 4. The topological polar surface area (TPSA) is 599 Å². The van der Waals surface area contributed by atoms with Crippen LogP contribution in [0.15, 0.2) is 180 Å². The van der Waals surface area contributed by atoms with Gasteiger partial charge in [-0.3, -0.25) is 46.6 Å². The molecule has 0 fully saturated rings. The molecule has 0 aliphatic carbocycles. The fraction of sp³-hybridized carbons (Fsp3) is 0.294. The van der Waals surface area contributed by atoms with Crippen molar-refractivity contribution in [2.75, 3.05) is 117 Å². The number of fused-ring (bicyclic) bond motifs is 6. The van der Waals surface area contributed by atoms with Crippen LogP contribution < -0.4 is 78.1 Å². The van der Waals surface area contributed by atoms with Crippen LogP contribution in [0.3, 0.4) is 0 Å². The minimum absolute atomic E-state index is 0.00806. The number of nitrogen functional groups attached to an aromatic ring is 2. The maximum absolute atomic E-state index is 13.3. The van der Waals surface area contributed by atoms with Crippen LogP contribution in [0.4, 0.5) is 37.5 Å². The number of nitrogens with zero attached hydrogens (tertiary/aromatic N) is 18. The molecular weight excluding hydrogens is 1900 g/mol. The van der Waals surface area contributed by atoms with Gasteiger partial charge < -0.3 is 102 Å². The second-order valence-corrected chi connectivity index (χ2v) is 33.9. The summed E-state index contributed by atoms with van der Waals surface area (Å²) >= 11 is 0. The van der Waals surface area contributed by atoms with Crippen molar-refractivity contribution in [1.29, 1.82) is 0 Å². The van der Waals surface area contributed by atoms with Crippen molar-refractivity contribution >= 4 is 92.9 Å². The van der Waals surface area contributed by atoms with Crippen molar-refractivity contribution in [2.24, 2.45) is 15.7 Å². The number of ether oxygens (including phenoxy) is 6. The first kappa shape index (κ1) is 105. The number of Topliss-reactive ketones (excluding diaryl/α,β-unsaturated/α-hetero) is 1. The number of carbonyl (C=O) groups excluding carboxylic acids is 7. The van der Waals surface area contributed by atoms with Crippen LogP contribution in [-0.2, 0) is 25.9 Å². The average Bonchev–Trinajstić information content (AvgIpc) is 1.45. The zero-order valence-corrected chi connectivity index (χ0v) is 82.2. The SMILES string of the molecule is CCNC(=O)c1nnc(-c2cc(C(C)C)c(O)cc2O)n1-c1ccc(C(=O)CCCc2ccc(OC(=O)N(C)CCCOc3ccc4c5n(c(=NC(=O)c6cnc(N)nc6)nc4c3OC)CCN5)cc2)cc1.CCNC(=O)c1nnc(-c2cc(C(C)C)c(O)cc2O)n1-c1ccc(C(=O)O)cc1.COc1c(OCCCN(C)C(=O)Oc2ccc(CCN)cc2)ccc2c3n(c(=NC(=O)c4cnc(N)nc4)nc12)CCN3.[2H]CF. The molecule has 0 saturated carbocycles.